The zero-order valence-corrected chi connectivity index (χ0v) is 20.6. The number of carbonyl (C=O) groups excluding carboxylic acids is 2. The molecule has 7 nitrogen and oxygen atoms in total. The summed E-state index contributed by atoms with van der Waals surface area (Å²) in [6, 6.07) is 15.9. The minimum absolute atomic E-state index is 0.218. The average Bonchev–Trinajstić information content (AvgIpc) is 2.90. The molecule has 188 valence electrons. The van der Waals surface area contributed by atoms with Crippen molar-refractivity contribution in [3.63, 3.8) is 0 Å². The van der Waals surface area contributed by atoms with Crippen molar-refractivity contribution < 1.29 is 32.9 Å². The summed E-state index contributed by atoms with van der Waals surface area (Å²) in [5, 5.41) is 2.88. The van der Waals surface area contributed by atoms with Gasteiger partial charge >= 0.3 is 5.97 Å². The summed E-state index contributed by atoms with van der Waals surface area (Å²) in [7, 11) is 4.52. The van der Waals surface area contributed by atoms with Crippen LogP contribution in [0.25, 0.3) is 11.6 Å². The van der Waals surface area contributed by atoms with E-state index in [9.17, 15) is 14.0 Å². The molecule has 8 heteroatoms. The number of hydrogen-bond acceptors (Lipinski definition) is 6. The highest BCUT2D eigenvalue weighted by Gasteiger charge is 2.16. The number of ether oxygens (including phenoxy) is 4. The molecule has 0 aliphatic carbocycles. The van der Waals surface area contributed by atoms with Crippen LogP contribution < -0.4 is 19.5 Å². The second-order valence-corrected chi connectivity index (χ2v) is 7.62. The Kier molecular flexibility index (Phi) is 9.05. The van der Waals surface area contributed by atoms with E-state index in [4.69, 9.17) is 18.9 Å². The SMILES string of the molecule is CCOC(=O)c1ccc(CNC(=O)/C(=C\c2cc(OC)c(OC)c(OC)c2)c2ccc(F)cc2)cc1. The molecule has 0 fully saturated rings. The van der Waals surface area contributed by atoms with E-state index in [0.717, 1.165) is 5.56 Å². The molecule has 0 unspecified atom stereocenters. The third-order valence-electron chi connectivity index (χ3n) is 5.32. The lowest BCUT2D eigenvalue weighted by Crippen LogP contribution is -2.24. The Morgan fingerprint density at radius 1 is 0.861 bits per heavy atom. The van der Waals surface area contributed by atoms with E-state index in [-0.39, 0.29) is 12.5 Å². The molecule has 0 saturated heterocycles. The van der Waals surface area contributed by atoms with Crippen LogP contribution in [0.15, 0.2) is 60.7 Å². The molecule has 0 aliphatic heterocycles. The van der Waals surface area contributed by atoms with Crippen LogP contribution in [-0.4, -0.2) is 39.8 Å². The molecule has 36 heavy (non-hydrogen) atoms. The van der Waals surface area contributed by atoms with Crippen molar-refractivity contribution in [2.75, 3.05) is 27.9 Å². The number of rotatable bonds is 10. The molecule has 3 aromatic carbocycles. The maximum absolute atomic E-state index is 13.6. The fraction of sp³-hybridized carbons (Fsp3) is 0.214. The highest BCUT2D eigenvalue weighted by Crippen LogP contribution is 2.39. The monoisotopic (exact) mass is 493 g/mol. The van der Waals surface area contributed by atoms with Gasteiger partial charge in [-0.25, -0.2) is 9.18 Å². The molecule has 0 radical (unpaired) electrons. The van der Waals surface area contributed by atoms with Gasteiger partial charge in [-0.05, 0) is 66.1 Å². The van der Waals surface area contributed by atoms with Crippen LogP contribution in [0.2, 0.25) is 0 Å². The van der Waals surface area contributed by atoms with Gasteiger partial charge in [0.05, 0.1) is 33.5 Å². The Bertz CT molecular complexity index is 1210. The standard InChI is InChI=1S/C28H28FNO6/c1-5-36-28(32)21-8-6-18(7-9-21)17-30-27(31)23(20-10-12-22(29)13-11-20)14-19-15-24(33-2)26(35-4)25(16-19)34-3/h6-16H,5,17H2,1-4H3,(H,30,31)/b23-14-. The smallest absolute Gasteiger partial charge is 0.338 e. The number of methoxy groups -OCH3 is 3. The van der Waals surface area contributed by atoms with Crippen LogP contribution in [0.3, 0.4) is 0 Å². The molecule has 0 heterocycles. The van der Waals surface area contributed by atoms with Crippen molar-refractivity contribution in [2.24, 2.45) is 0 Å². The second-order valence-electron chi connectivity index (χ2n) is 7.62. The molecule has 0 aliphatic rings. The number of nitrogens with one attached hydrogen (secondary N) is 1. The predicted molar refractivity (Wildman–Crippen MR) is 135 cm³/mol. The molecule has 0 atom stereocenters. The average molecular weight is 494 g/mol. The zero-order chi connectivity index (χ0) is 26.1. The Hall–Kier alpha value is -4.33. The summed E-state index contributed by atoms with van der Waals surface area (Å²) in [5.41, 5.74) is 2.69. The van der Waals surface area contributed by atoms with Gasteiger partial charge in [0.15, 0.2) is 11.5 Å². The number of hydrogen-bond donors (Lipinski definition) is 1. The molecule has 0 spiro atoms. The third kappa shape index (κ3) is 6.41. The van der Waals surface area contributed by atoms with Crippen LogP contribution in [0.5, 0.6) is 17.2 Å². The first-order chi connectivity index (χ1) is 17.4. The van der Waals surface area contributed by atoms with Crippen molar-refractivity contribution in [3.8, 4) is 17.2 Å². The number of carbonyl (C=O) groups is 2. The van der Waals surface area contributed by atoms with E-state index in [1.165, 1.54) is 45.6 Å². The van der Waals surface area contributed by atoms with E-state index in [1.807, 2.05) is 0 Å². The topological polar surface area (TPSA) is 83.1 Å². The molecule has 0 saturated carbocycles. The predicted octanol–water partition coefficient (Wildman–Crippen LogP) is 4.89. The van der Waals surface area contributed by atoms with Crippen LogP contribution >= 0.6 is 0 Å². The highest BCUT2D eigenvalue weighted by atomic mass is 19.1. The summed E-state index contributed by atoms with van der Waals surface area (Å²) in [5.74, 6) is 0.112. The molecule has 3 rings (SSSR count). The van der Waals surface area contributed by atoms with Crippen molar-refractivity contribution in [1.82, 2.24) is 5.32 Å². The normalized spacial score (nSPS) is 11.0. The molecule has 1 N–H and O–H groups in total. The first-order valence-corrected chi connectivity index (χ1v) is 11.2. The van der Waals surface area contributed by atoms with Gasteiger partial charge in [-0.3, -0.25) is 4.79 Å². The number of esters is 1. The van der Waals surface area contributed by atoms with Crippen molar-refractivity contribution >= 4 is 23.5 Å². The summed E-state index contributed by atoms with van der Waals surface area (Å²) < 4.78 is 34.7. The molecule has 0 bridgehead atoms. The molecule has 1 amide bonds. The van der Waals surface area contributed by atoms with E-state index in [0.29, 0.717) is 46.1 Å². The quantitative estimate of drug-likeness (QED) is 0.246. The van der Waals surface area contributed by atoms with E-state index >= 15 is 0 Å². The fourth-order valence-electron chi connectivity index (χ4n) is 3.51. The maximum atomic E-state index is 13.6. The van der Waals surface area contributed by atoms with Crippen molar-refractivity contribution in [3.05, 3.63) is 88.7 Å². The van der Waals surface area contributed by atoms with Gasteiger partial charge in [0.1, 0.15) is 5.82 Å². The summed E-state index contributed by atoms with van der Waals surface area (Å²) in [6.07, 6.45) is 1.66. The van der Waals surface area contributed by atoms with Gasteiger partial charge in [-0.15, -0.1) is 0 Å². The number of amides is 1. The Balaban J connectivity index is 1.90. The Labute approximate surface area is 209 Å². The van der Waals surface area contributed by atoms with Gasteiger partial charge in [-0.1, -0.05) is 24.3 Å². The minimum atomic E-state index is -0.409. The first kappa shape index (κ1) is 26.3. The van der Waals surface area contributed by atoms with Crippen molar-refractivity contribution in [1.29, 1.82) is 0 Å². The van der Waals surface area contributed by atoms with Gasteiger partial charge < -0.3 is 24.3 Å². The van der Waals surface area contributed by atoms with Crippen LogP contribution in [0.1, 0.15) is 34.0 Å². The first-order valence-electron chi connectivity index (χ1n) is 11.2. The lowest BCUT2D eigenvalue weighted by molar-refractivity contribution is -0.115. The summed E-state index contributed by atoms with van der Waals surface area (Å²) >= 11 is 0. The molecule has 0 aromatic heterocycles. The number of benzene rings is 3. The van der Waals surface area contributed by atoms with Crippen LogP contribution in [-0.2, 0) is 16.1 Å². The van der Waals surface area contributed by atoms with E-state index < -0.39 is 11.8 Å². The van der Waals surface area contributed by atoms with Gasteiger partial charge in [0.25, 0.3) is 5.91 Å². The van der Waals surface area contributed by atoms with Gasteiger partial charge in [0, 0.05) is 12.1 Å². The largest absolute Gasteiger partial charge is 0.493 e. The summed E-state index contributed by atoms with van der Waals surface area (Å²) in [4.78, 5) is 25.1. The molecule has 3 aromatic rings. The van der Waals surface area contributed by atoms with Gasteiger partial charge in [0.2, 0.25) is 5.75 Å². The Morgan fingerprint density at radius 2 is 1.44 bits per heavy atom. The lowest BCUT2D eigenvalue weighted by atomic mass is 10.0. The fourth-order valence-corrected chi connectivity index (χ4v) is 3.51. The van der Waals surface area contributed by atoms with E-state index in [2.05, 4.69) is 5.32 Å². The van der Waals surface area contributed by atoms with Crippen LogP contribution in [0.4, 0.5) is 4.39 Å². The maximum Gasteiger partial charge on any atom is 0.338 e. The van der Waals surface area contributed by atoms with Crippen molar-refractivity contribution in [2.45, 2.75) is 13.5 Å². The minimum Gasteiger partial charge on any atom is -0.493 e. The lowest BCUT2D eigenvalue weighted by Gasteiger charge is -2.14. The van der Waals surface area contributed by atoms with Gasteiger partial charge in [-0.2, -0.15) is 0 Å². The number of halogens is 1. The molecular weight excluding hydrogens is 465 g/mol. The van der Waals surface area contributed by atoms with E-state index in [1.54, 1.807) is 49.4 Å². The Morgan fingerprint density at radius 3 is 1.97 bits per heavy atom. The summed E-state index contributed by atoms with van der Waals surface area (Å²) in [6.45, 7) is 2.25. The third-order valence-corrected chi connectivity index (χ3v) is 5.32. The zero-order valence-electron chi connectivity index (χ0n) is 20.6. The highest BCUT2D eigenvalue weighted by molar-refractivity contribution is 6.24. The molecular formula is C28H28FNO6. The second kappa shape index (κ2) is 12.4. The van der Waals surface area contributed by atoms with Crippen LogP contribution in [0, 0.1) is 5.82 Å².